The highest BCUT2D eigenvalue weighted by molar-refractivity contribution is 7.89. The minimum atomic E-state index is -3.72. The molecule has 0 amide bonds. The van der Waals surface area contributed by atoms with Crippen molar-refractivity contribution in [2.75, 3.05) is 26.7 Å². The number of carbonyl (C=O) groups is 1. The number of ether oxygens (including phenoxy) is 1. The van der Waals surface area contributed by atoms with Gasteiger partial charge in [0.1, 0.15) is 5.75 Å². The highest BCUT2D eigenvalue weighted by Gasteiger charge is 2.26. The van der Waals surface area contributed by atoms with Gasteiger partial charge in [-0.3, -0.25) is 9.69 Å². The summed E-state index contributed by atoms with van der Waals surface area (Å²) < 4.78 is 33.7. The standard InChI is InChI=1S/C21H26N2O4S/c1-16(24)17-7-6-10-20(14-17)28(25,26)22-15-21(23-11-3-4-12-23)18-8-5-9-19(13-18)27-2/h5-10,13-14,21-22H,3-4,11-12,15H2,1-2H3. The normalized spacial score (nSPS) is 16.1. The molecule has 1 N–H and O–H groups in total. The van der Waals surface area contributed by atoms with Crippen LogP contribution in [-0.4, -0.2) is 45.8 Å². The van der Waals surface area contributed by atoms with Gasteiger partial charge in [0, 0.05) is 18.2 Å². The molecule has 0 aromatic heterocycles. The number of Topliss-reactive ketones (excluding diaryl/α,β-unsaturated/α-hetero) is 1. The monoisotopic (exact) mass is 402 g/mol. The third-order valence-corrected chi connectivity index (χ3v) is 6.50. The number of benzene rings is 2. The molecule has 28 heavy (non-hydrogen) atoms. The van der Waals surface area contributed by atoms with E-state index in [1.807, 2.05) is 24.3 Å². The summed E-state index contributed by atoms with van der Waals surface area (Å²) in [5.41, 5.74) is 1.40. The van der Waals surface area contributed by atoms with E-state index in [1.165, 1.54) is 19.1 Å². The maximum absolute atomic E-state index is 12.8. The van der Waals surface area contributed by atoms with Crippen LogP contribution in [0, 0.1) is 0 Å². The Kier molecular flexibility index (Phi) is 6.49. The van der Waals surface area contributed by atoms with Crippen LogP contribution in [0.2, 0.25) is 0 Å². The van der Waals surface area contributed by atoms with Crippen LogP contribution in [0.1, 0.15) is 41.7 Å². The summed E-state index contributed by atoms with van der Waals surface area (Å²) in [4.78, 5) is 14.0. The molecule has 150 valence electrons. The van der Waals surface area contributed by atoms with Crippen molar-refractivity contribution in [2.45, 2.75) is 30.7 Å². The van der Waals surface area contributed by atoms with Crippen molar-refractivity contribution in [2.24, 2.45) is 0 Å². The van der Waals surface area contributed by atoms with Crippen LogP contribution in [-0.2, 0) is 10.0 Å². The molecule has 3 rings (SSSR count). The maximum Gasteiger partial charge on any atom is 0.240 e. The van der Waals surface area contributed by atoms with Crippen LogP contribution in [0.3, 0.4) is 0 Å². The topological polar surface area (TPSA) is 75.7 Å². The number of hydrogen-bond acceptors (Lipinski definition) is 5. The van der Waals surface area contributed by atoms with E-state index in [4.69, 9.17) is 4.74 Å². The number of hydrogen-bond donors (Lipinski definition) is 1. The Morgan fingerprint density at radius 3 is 2.54 bits per heavy atom. The molecule has 0 saturated carbocycles. The molecule has 2 aromatic rings. The van der Waals surface area contributed by atoms with Crippen LogP contribution < -0.4 is 9.46 Å². The number of methoxy groups -OCH3 is 1. The predicted octanol–water partition coefficient (Wildman–Crippen LogP) is 3.01. The summed E-state index contributed by atoms with van der Waals surface area (Å²) in [5, 5.41) is 0. The lowest BCUT2D eigenvalue weighted by atomic mass is 10.1. The highest BCUT2D eigenvalue weighted by Crippen LogP contribution is 2.27. The van der Waals surface area contributed by atoms with Gasteiger partial charge in [0.25, 0.3) is 0 Å². The van der Waals surface area contributed by atoms with Crippen LogP contribution in [0.25, 0.3) is 0 Å². The molecule has 1 aliphatic rings. The van der Waals surface area contributed by atoms with E-state index in [9.17, 15) is 13.2 Å². The van der Waals surface area contributed by atoms with E-state index >= 15 is 0 Å². The molecule has 1 atom stereocenters. The highest BCUT2D eigenvalue weighted by atomic mass is 32.2. The van der Waals surface area contributed by atoms with E-state index in [0.29, 0.717) is 5.56 Å². The molecule has 1 unspecified atom stereocenters. The average molecular weight is 403 g/mol. The number of carbonyl (C=O) groups excluding carboxylic acids is 1. The second kappa shape index (κ2) is 8.86. The molecule has 0 radical (unpaired) electrons. The summed E-state index contributed by atoms with van der Waals surface area (Å²) in [7, 11) is -2.11. The first-order chi connectivity index (χ1) is 13.4. The quantitative estimate of drug-likeness (QED) is 0.687. The van der Waals surface area contributed by atoms with Gasteiger partial charge in [-0.25, -0.2) is 13.1 Å². The minimum Gasteiger partial charge on any atom is -0.497 e. The number of nitrogens with one attached hydrogen (secondary N) is 1. The van der Waals surface area contributed by atoms with E-state index in [2.05, 4.69) is 9.62 Å². The van der Waals surface area contributed by atoms with Gasteiger partial charge >= 0.3 is 0 Å². The summed E-state index contributed by atoms with van der Waals surface area (Å²) in [6, 6.07) is 13.8. The van der Waals surface area contributed by atoms with Crippen molar-refractivity contribution in [3.63, 3.8) is 0 Å². The summed E-state index contributed by atoms with van der Waals surface area (Å²) in [6.07, 6.45) is 2.21. The first-order valence-electron chi connectivity index (χ1n) is 9.39. The molecule has 0 bridgehead atoms. The third-order valence-electron chi connectivity index (χ3n) is 5.08. The Hall–Kier alpha value is -2.22. The summed E-state index contributed by atoms with van der Waals surface area (Å²) >= 11 is 0. The molecule has 2 aromatic carbocycles. The lowest BCUT2D eigenvalue weighted by Crippen LogP contribution is -2.36. The zero-order valence-electron chi connectivity index (χ0n) is 16.2. The summed E-state index contributed by atoms with van der Waals surface area (Å²) in [6.45, 7) is 3.54. The molecular formula is C21H26N2O4S. The Balaban J connectivity index is 1.82. The van der Waals surface area contributed by atoms with E-state index < -0.39 is 10.0 Å². The fourth-order valence-electron chi connectivity index (χ4n) is 3.51. The second-order valence-corrected chi connectivity index (χ2v) is 8.74. The third kappa shape index (κ3) is 4.79. The number of ketones is 1. The first-order valence-corrected chi connectivity index (χ1v) is 10.9. The lowest BCUT2D eigenvalue weighted by Gasteiger charge is -2.28. The minimum absolute atomic E-state index is 0.0802. The zero-order chi connectivity index (χ0) is 20.1. The number of nitrogens with zero attached hydrogens (tertiary/aromatic N) is 1. The molecule has 1 aliphatic heterocycles. The largest absolute Gasteiger partial charge is 0.497 e. The molecule has 0 aliphatic carbocycles. The molecule has 1 fully saturated rings. The van der Waals surface area contributed by atoms with Crippen molar-refractivity contribution >= 4 is 15.8 Å². The predicted molar refractivity (Wildman–Crippen MR) is 108 cm³/mol. The van der Waals surface area contributed by atoms with Crippen molar-refractivity contribution < 1.29 is 17.9 Å². The number of sulfonamides is 1. The molecule has 7 heteroatoms. The fourth-order valence-corrected chi connectivity index (χ4v) is 4.60. The Morgan fingerprint density at radius 2 is 1.86 bits per heavy atom. The molecule has 1 heterocycles. The molecule has 6 nitrogen and oxygen atoms in total. The van der Waals surface area contributed by atoms with E-state index in [0.717, 1.165) is 37.2 Å². The van der Waals surface area contributed by atoms with Crippen LogP contribution >= 0.6 is 0 Å². The maximum atomic E-state index is 12.8. The van der Waals surface area contributed by atoms with E-state index in [-0.39, 0.29) is 23.3 Å². The lowest BCUT2D eigenvalue weighted by molar-refractivity contribution is 0.101. The second-order valence-electron chi connectivity index (χ2n) is 6.97. The fraction of sp³-hybridized carbons (Fsp3) is 0.381. The number of rotatable bonds is 8. The van der Waals surface area contributed by atoms with Crippen molar-refractivity contribution in [3.8, 4) is 5.75 Å². The Labute approximate surface area is 166 Å². The van der Waals surface area contributed by atoms with Crippen molar-refractivity contribution in [1.29, 1.82) is 0 Å². The smallest absolute Gasteiger partial charge is 0.240 e. The van der Waals surface area contributed by atoms with Crippen LogP contribution in [0.15, 0.2) is 53.4 Å². The van der Waals surface area contributed by atoms with Gasteiger partial charge in [-0.1, -0.05) is 24.3 Å². The summed E-state index contributed by atoms with van der Waals surface area (Å²) in [5.74, 6) is 0.585. The van der Waals surface area contributed by atoms with Gasteiger partial charge in [-0.15, -0.1) is 0 Å². The first kappa shape index (κ1) is 20.5. The van der Waals surface area contributed by atoms with Crippen molar-refractivity contribution in [3.05, 3.63) is 59.7 Å². The SMILES string of the molecule is COc1cccc(C(CNS(=O)(=O)c2cccc(C(C)=O)c2)N2CCCC2)c1. The molecule has 0 spiro atoms. The zero-order valence-corrected chi connectivity index (χ0v) is 17.0. The number of likely N-dealkylation sites (tertiary alicyclic amines) is 1. The van der Waals surface area contributed by atoms with Gasteiger partial charge in [0.2, 0.25) is 10.0 Å². The van der Waals surface area contributed by atoms with Crippen molar-refractivity contribution in [1.82, 2.24) is 9.62 Å². The Bertz CT molecular complexity index is 937. The van der Waals surface area contributed by atoms with Gasteiger partial charge in [0.15, 0.2) is 5.78 Å². The molecule has 1 saturated heterocycles. The van der Waals surface area contributed by atoms with Crippen LogP contribution in [0.5, 0.6) is 5.75 Å². The van der Waals surface area contributed by atoms with Crippen LogP contribution in [0.4, 0.5) is 0 Å². The Morgan fingerprint density at radius 1 is 1.14 bits per heavy atom. The van der Waals surface area contributed by atoms with Gasteiger partial charge in [0.05, 0.1) is 12.0 Å². The molecular weight excluding hydrogens is 376 g/mol. The van der Waals surface area contributed by atoms with Gasteiger partial charge in [-0.05, 0) is 62.7 Å². The average Bonchev–Trinajstić information content (AvgIpc) is 3.23. The van der Waals surface area contributed by atoms with Gasteiger partial charge in [-0.2, -0.15) is 0 Å². The van der Waals surface area contributed by atoms with Gasteiger partial charge < -0.3 is 4.74 Å². The van der Waals surface area contributed by atoms with E-state index in [1.54, 1.807) is 19.2 Å².